The summed E-state index contributed by atoms with van der Waals surface area (Å²) in [6, 6.07) is 0. The van der Waals surface area contributed by atoms with Crippen LogP contribution in [0.4, 0.5) is 9.93 Å². The second-order valence-electron chi connectivity index (χ2n) is 2.92. The minimum Gasteiger partial charge on any atom is -0.300 e. The Kier molecular flexibility index (Phi) is 3.20. The van der Waals surface area contributed by atoms with Crippen molar-refractivity contribution < 1.29 is 14.4 Å². The highest BCUT2D eigenvalue weighted by atomic mass is 32.2. The molecule has 1 aromatic rings. The lowest BCUT2D eigenvalue weighted by atomic mass is 10.5. The average molecular weight is 257 g/mol. The molecule has 1 aromatic heterocycles. The van der Waals surface area contributed by atoms with Gasteiger partial charge in [0.15, 0.2) is 5.13 Å². The van der Waals surface area contributed by atoms with Gasteiger partial charge in [-0.2, -0.15) is 0 Å². The van der Waals surface area contributed by atoms with E-state index >= 15 is 0 Å². The standard InChI is InChI=1S/C8H7N3O3S2/c12-5(10-7-9-1-2-15-7)3-11-6(13)4-16-8(11)14/h1-2H,3-4H2,(H,9,10,12). The topological polar surface area (TPSA) is 79.4 Å². The van der Waals surface area contributed by atoms with E-state index in [9.17, 15) is 14.4 Å². The first kappa shape index (κ1) is 11.1. The van der Waals surface area contributed by atoms with Crippen molar-refractivity contribution in [2.24, 2.45) is 0 Å². The normalized spacial score (nSPS) is 15.6. The minimum atomic E-state index is -0.417. The molecule has 2 rings (SSSR count). The molecule has 6 nitrogen and oxygen atoms in total. The summed E-state index contributed by atoms with van der Waals surface area (Å²) in [5, 5.41) is 4.30. The zero-order chi connectivity index (χ0) is 11.5. The lowest BCUT2D eigenvalue weighted by Crippen LogP contribution is -2.36. The molecule has 1 aliphatic heterocycles. The third-order valence-electron chi connectivity index (χ3n) is 1.82. The van der Waals surface area contributed by atoms with E-state index in [1.807, 2.05) is 0 Å². The zero-order valence-corrected chi connectivity index (χ0v) is 9.64. The van der Waals surface area contributed by atoms with E-state index < -0.39 is 5.91 Å². The smallest absolute Gasteiger partial charge is 0.289 e. The summed E-state index contributed by atoms with van der Waals surface area (Å²) in [5.41, 5.74) is 0. The number of hydrogen-bond acceptors (Lipinski definition) is 6. The number of nitrogens with zero attached hydrogens (tertiary/aromatic N) is 2. The molecule has 84 valence electrons. The maximum atomic E-state index is 11.5. The number of aromatic nitrogens is 1. The Bertz CT molecular complexity index is 416. The van der Waals surface area contributed by atoms with Crippen LogP contribution in [0.1, 0.15) is 0 Å². The van der Waals surface area contributed by atoms with Gasteiger partial charge in [-0.25, -0.2) is 4.98 Å². The number of thiazole rings is 1. The van der Waals surface area contributed by atoms with Crippen LogP contribution in [0, 0.1) is 0 Å². The molecule has 0 aliphatic carbocycles. The van der Waals surface area contributed by atoms with Crippen LogP contribution in [0.3, 0.4) is 0 Å². The number of anilines is 1. The Morgan fingerprint density at radius 3 is 2.94 bits per heavy atom. The number of carbonyl (C=O) groups is 3. The molecule has 0 unspecified atom stereocenters. The zero-order valence-electron chi connectivity index (χ0n) is 8.00. The van der Waals surface area contributed by atoms with Gasteiger partial charge in [-0.05, 0) is 0 Å². The summed E-state index contributed by atoms with van der Waals surface area (Å²) < 4.78 is 0. The Hall–Kier alpha value is -1.41. The molecule has 0 atom stereocenters. The molecule has 0 saturated carbocycles. The van der Waals surface area contributed by atoms with E-state index in [4.69, 9.17) is 0 Å². The van der Waals surface area contributed by atoms with Crippen LogP contribution in [0.2, 0.25) is 0 Å². The predicted octanol–water partition coefficient (Wildman–Crippen LogP) is 0.777. The number of imide groups is 1. The van der Waals surface area contributed by atoms with Crippen molar-refractivity contribution in [1.82, 2.24) is 9.88 Å². The number of hydrogen-bond donors (Lipinski definition) is 1. The summed E-state index contributed by atoms with van der Waals surface area (Å²) in [7, 11) is 0. The number of rotatable bonds is 3. The van der Waals surface area contributed by atoms with E-state index in [0.29, 0.717) is 5.13 Å². The van der Waals surface area contributed by atoms with Gasteiger partial charge in [0.1, 0.15) is 6.54 Å². The maximum absolute atomic E-state index is 11.5. The molecular weight excluding hydrogens is 250 g/mol. The van der Waals surface area contributed by atoms with Crippen molar-refractivity contribution in [2.75, 3.05) is 17.6 Å². The van der Waals surface area contributed by atoms with Crippen molar-refractivity contribution in [3.05, 3.63) is 11.6 Å². The fourth-order valence-electron chi connectivity index (χ4n) is 1.12. The fraction of sp³-hybridized carbons (Fsp3) is 0.250. The van der Waals surface area contributed by atoms with Gasteiger partial charge >= 0.3 is 0 Å². The Labute approximate surface area is 99.0 Å². The summed E-state index contributed by atoms with van der Waals surface area (Å²) in [4.78, 5) is 38.7. The van der Waals surface area contributed by atoms with Crippen LogP contribution in [-0.2, 0) is 9.59 Å². The first-order chi connectivity index (χ1) is 7.66. The highest BCUT2D eigenvalue weighted by Gasteiger charge is 2.31. The molecule has 0 radical (unpaired) electrons. The summed E-state index contributed by atoms with van der Waals surface area (Å²) in [6.45, 7) is -0.246. The van der Waals surface area contributed by atoms with Crippen molar-refractivity contribution in [3.63, 3.8) is 0 Å². The van der Waals surface area contributed by atoms with Gasteiger partial charge in [0, 0.05) is 11.6 Å². The molecule has 1 N–H and O–H groups in total. The van der Waals surface area contributed by atoms with E-state index in [1.165, 1.54) is 11.3 Å². The number of thioether (sulfide) groups is 1. The van der Waals surface area contributed by atoms with Crippen LogP contribution in [-0.4, -0.2) is 39.2 Å². The molecule has 0 spiro atoms. The molecule has 3 amide bonds. The van der Waals surface area contributed by atoms with Crippen molar-refractivity contribution in [1.29, 1.82) is 0 Å². The monoisotopic (exact) mass is 257 g/mol. The molecule has 0 aromatic carbocycles. The summed E-state index contributed by atoms with van der Waals surface area (Å²) in [5.74, 6) is -0.632. The minimum absolute atomic E-state index is 0.114. The largest absolute Gasteiger partial charge is 0.300 e. The van der Waals surface area contributed by atoms with Crippen LogP contribution >= 0.6 is 23.1 Å². The van der Waals surface area contributed by atoms with E-state index in [1.54, 1.807) is 11.6 Å². The Balaban J connectivity index is 1.92. The second-order valence-corrected chi connectivity index (χ2v) is 4.74. The van der Waals surface area contributed by atoms with Gasteiger partial charge < -0.3 is 5.32 Å². The number of carbonyl (C=O) groups excluding carboxylic acids is 3. The van der Waals surface area contributed by atoms with Gasteiger partial charge in [0.2, 0.25) is 11.8 Å². The Morgan fingerprint density at radius 2 is 2.38 bits per heavy atom. The van der Waals surface area contributed by atoms with Crippen LogP contribution in [0.25, 0.3) is 0 Å². The van der Waals surface area contributed by atoms with E-state index in [2.05, 4.69) is 10.3 Å². The van der Waals surface area contributed by atoms with Gasteiger partial charge in [0.05, 0.1) is 5.75 Å². The highest BCUT2D eigenvalue weighted by Crippen LogP contribution is 2.18. The highest BCUT2D eigenvalue weighted by molar-refractivity contribution is 8.14. The van der Waals surface area contributed by atoms with Crippen molar-refractivity contribution in [2.45, 2.75) is 0 Å². The predicted molar refractivity (Wildman–Crippen MR) is 60.3 cm³/mol. The molecule has 1 fully saturated rings. The SMILES string of the molecule is O=C(CN1C(=O)CSC1=O)Nc1nccs1. The molecular formula is C8H7N3O3S2. The first-order valence-corrected chi connectivity index (χ1v) is 6.20. The quantitative estimate of drug-likeness (QED) is 0.865. The van der Waals surface area contributed by atoms with E-state index in [0.717, 1.165) is 16.7 Å². The molecule has 16 heavy (non-hydrogen) atoms. The molecule has 1 saturated heterocycles. The third-order valence-corrected chi connectivity index (χ3v) is 3.37. The van der Waals surface area contributed by atoms with Gasteiger partial charge in [-0.3, -0.25) is 19.3 Å². The lowest BCUT2D eigenvalue weighted by molar-refractivity contribution is -0.128. The molecule has 0 bridgehead atoms. The van der Waals surface area contributed by atoms with Crippen LogP contribution in [0.15, 0.2) is 11.6 Å². The second kappa shape index (κ2) is 4.62. The fourth-order valence-corrected chi connectivity index (χ4v) is 2.39. The van der Waals surface area contributed by atoms with Crippen molar-refractivity contribution in [3.8, 4) is 0 Å². The number of nitrogens with one attached hydrogen (secondary N) is 1. The Morgan fingerprint density at radius 1 is 1.56 bits per heavy atom. The van der Waals surface area contributed by atoms with Crippen LogP contribution in [0.5, 0.6) is 0 Å². The first-order valence-electron chi connectivity index (χ1n) is 4.33. The lowest BCUT2D eigenvalue weighted by Gasteiger charge is -2.11. The molecule has 8 heteroatoms. The van der Waals surface area contributed by atoms with Gasteiger partial charge in [-0.15, -0.1) is 11.3 Å². The summed E-state index contributed by atoms with van der Waals surface area (Å²) >= 11 is 2.18. The maximum Gasteiger partial charge on any atom is 0.289 e. The third kappa shape index (κ3) is 2.39. The van der Waals surface area contributed by atoms with Gasteiger partial charge in [0.25, 0.3) is 5.24 Å². The average Bonchev–Trinajstić information content (AvgIpc) is 2.83. The number of amides is 3. The summed E-state index contributed by atoms with van der Waals surface area (Å²) in [6.07, 6.45) is 1.56. The van der Waals surface area contributed by atoms with E-state index in [-0.39, 0.29) is 23.4 Å². The van der Waals surface area contributed by atoms with Gasteiger partial charge in [-0.1, -0.05) is 11.8 Å². The van der Waals surface area contributed by atoms with Crippen LogP contribution < -0.4 is 5.32 Å². The molecule has 1 aliphatic rings. The van der Waals surface area contributed by atoms with Crippen molar-refractivity contribution >= 4 is 45.3 Å². The molecule has 2 heterocycles.